The SMILES string of the molecule is CCCN(Cc1ccccc1N)S(=O)(=O)c1cccs1. The zero-order valence-electron chi connectivity index (χ0n) is 11.3. The van der Waals surface area contributed by atoms with Gasteiger partial charge in [-0.15, -0.1) is 11.3 Å². The van der Waals surface area contributed by atoms with Crippen molar-refractivity contribution in [3.8, 4) is 0 Å². The first-order chi connectivity index (χ1) is 9.55. The Hall–Kier alpha value is -1.37. The fourth-order valence-corrected chi connectivity index (χ4v) is 4.59. The Morgan fingerprint density at radius 2 is 1.95 bits per heavy atom. The first kappa shape index (κ1) is 15.0. The van der Waals surface area contributed by atoms with Crippen molar-refractivity contribution in [1.29, 1.82) is 0 Å². The van der Waals surface area contributed by atoms with Gasteiger partial charge in [0.2, 0.25) is 0 Å². The lowest BCUT2D eigenvalue weighted by atomic mass is 10.2. The molecule has 0 fully saturated rings. The summed E-state index contributed by atoms with van der Waals surface area (Å²) >= 11 is 1.24. The molecule has 0 atom stereocenters. The number of thiophene rings is 1. The molecule has 0 aliphatic heterocycles. The molecule has 0 aliphatic carbocycles. The lowest BCUT2D eigenvalue weighted by Gasteiger charge is -2.21. The fraction of sp³-hybridized carbons (Fsp3) is 0.286. The Morgan fingerprint density at radius 1 is 1.20 bits per heavy atom. The van der Waals surface area contributed by atoms with Crippen molar-refractivity contribution in [2.75, 3.05) is 12.3 Å². The number of para-hydroxylation sites is 1. The first-order valence-electron chi connectivity index (χ1n) is 6.42. The van der Waals surface area contributed by atoms with Gasteiger partial charge in [-0.1, -0.05) is 31.2 Å². The van der Waals surface area contributed by atoms with Gasteiger partial charge < -0.3 is 5.73 Å². The van der Waals surface area contributed by atoms with Gasteiger partial charge in [0.05, 0.1) is 0 Å². The minimum atomic E-state index is -3.44. The summed E-state index contributed by atoms with van der Waals surface area (Å²) in [4.78, 5) is 0. The number of rotatable bonds is 6. The van der Waals surface area contributed by atoms with Gasteiger partial charge in [0, 0.05) is 18.8 Å². The Morgan fingerprint density at radius 3 is 2.55 bits per heavy atom. The van der Waals surface area contributed by atoms with E-state index >= 15 is 0 Å². The number of anilines is 1. The van der Waals surface area contributed by atoms with E-state index < -0.39 is 10.0 Å². The molecule has 1 aromatic carbocycles. The van der Waals surface area contributed by atoms with Crippen molar-refractivity contribution in [2.24, 2.45) is 0 Å². The molecular formula is C14H18N2O2S2. The predicted molar refractivity (Wildman–Crippen MR) is 83.1 cm³/mol. The van der Waals surface area contributed by atoms with Crippen molar-refractivity contribution in [3.63, 3.8) is 0 Å². The van der Waals surface area contributed by atoms with Gasteiger partial charge >= 0.3 is 0 Å². The van der Waals surface area contributed by atoms with E-state index in [1.54, 1.807) is 23.6 Å². The van der Waals surface area contributed by atoms with Crippen molar-refractivity contribution in [1.82, 2.24) is 4.31 Å². The van der Waals surface area contributed by atoms with Crippen LogP contribution in [-0.2, 0) is 16.6 Å². The second-order valence-electron chi connectivity index (χ2n) is 4.47. The molecule has 0 amide bonds. The van der Waals surface area contributed by atoms with E-state index in [1.807, 2.05) is 25.1 Å². The van der Waals surface area contributed by atoms with E-state index in [-0.39, 0.29) is 0 Å². The maximum absolute atomic E-state index is 12.6. The molecule has 4 nitrogen and oxygen atoms in total. The van der Waals surface area contributed by atoms with Crippen molar-refractivity contribution < 1.29 is 8.42 Å². The predicted octanol–water partition coefficient (Wildman–Crippen LogP) is 2.93. The number of hydrogen-bond acceptors (Lipinski definition) is 4. The summed E-state index contributed by atoms with van der Waals surface area (Å²) in [5.74, 6) is 0. The Labute approximate surface area is 123 Å². The molecule has 0 saturated heterocycles. The van der Waals surface area contributed by atoms with Gasteiger partial charge in [0.1, 0.15) is 4.21 Å². The van der Waals surface area contributed by atoms with Crippen molar-refractivity contribution in [2.45, 2.75) is 24.1 Å². The van der Waals surface area contributed by atoms with Gasteiger partial charge in [-0.2, -0.15) is 4.31 Å². The van der Waals surface area contributed by atoms with Crippen LogP contribution >= 0.6 is 11.3 Å². The monoisotopic (exact) mass is 310 g/mol. The van der Waals surface area contributed by atoms with Gasteiger partial charge in [-0.3, -0.25) is 0 Å². The van der Waals surface area contributed by atoms with Crippen LogP contribution in [0.5, 0.6) is 0 Å². The van der Waals surface area contributed by atoms with Crippen molar-refractivity contribution >= 4 is 27.0 Å². The van der Waals surface area contributed by atoms with Gasteiger partial charge in [0.15, 0.2) is 0 Å². The van der Waals surface area contributed by atoms with Gasteiger partial charge in [-0.25, -0.2) is 8.42 Å². The minimum absolute atomic E-state index is 0.306. The summed E-state index contributed by atoms with van der Waals surface area (Å²) in [6.07, 6.45) is 0.761. The number of nitrogens with two attached hydrogens (primary N) is 1. The van der Waals surface area contributed by atoms with Crippen LogP contribution in [0.4, 0.5) is 5.69 Å². The molecule has 20 heavy (non-hydrogen) atoms. The quantitative estimate of drug-likeness (QED) is 0.834. The summed E-state index contributed by atoms with van der Waals surface area (Å²) in [6, 6.07) is 10.7. The summed E-state index contributed by atoms with van der Waals surface area (Å²) < 4.78 is 27.1. The van der Waals surface area contributed by atoms with Crippen LogP contribution in [0, 0.1) is 0 Å². The second-order valence-corrected chi connectivity index (χ2v) is 7.58. The highest BCUT2D eigenvalue weighted by atomic mass is 32.2. The van der Waals surface area contributed by atoms with Crippen molar-refractivity contribution in [3.05, 3.63) is 47.3 Å². The third-order valence-corrected chi connectivity index (χ3v) is 6.18. The highest BCUT2D eigenvalue weighted by Crippen LogP contribution is 2.24. The van der Waals surface area contributed by atoms with E-state index in [0.29, 0.717) is 23.0 Å². The molecule has 0 spiro atoms. The number of nitrogens with zero attached hydrogens (tertiary/aromatic N) is 1. The van der Waals surface area contributed by atoms with E-state index in [0.717, 1.165) is 12.0 Å². The maximum Gasteiger partial charge on any atom is 0.252 e. The molecule has 1 heterocycles. The average molecular weight is 310 g/mol. The number of sulfonamides is 1. The lowest BCUT2D eigenvalue weighted by Crippen LogP contribution is -2.31. The molecule has 0 bridgehead atoms. The average Bonchev–Trinajstić information content (AvgIpc) is 2.95. The van der Waals surface area contributed by atoms with Crippen LogP contribution in [0.1, 0.15) is 18.9 Å². The molecule has 6 heteroatoms. The number of hydrogen-bond donors (Lipinski definition) is 1. The second kappa shape index (κ2) is 6.39. The Kier molecular flexibility index (Phi) is 4.80. The van der Waals surface area contributed by atoms with Gasteiger partial charge in [0.25, 0.3) is 10.0 Å². The van der Waals surface area contributed by atoms with E-state index in [2.05, 4.69) is 0 Å². The smallest absolute Gasteiger partial charge is 0.252 e. The standard InChI is InChI=1S/C14H18N2O2S2/c1-2-9-16(11-12-6-3-4-7-13(12)15)20(17,18)14-8-5-10-19-14/h3-8,10H,2,9,11,15H2,1H3. The zero-order chi connectivity index (χ0) is 14.6. The lowest BCUT2D eigenvalue weighted by molar-refractivity contribution is 0.407. The molecule has 2 rings (SSSR count). The van der Waals surface area contributed by atoms with Crippen LogP contribution in [0.25, 0.3) is 0 Å². The molecular weight excluding hydrogens is 292 g/mol. The molecule has 0 unspecified atom stereocenters. The molecule has 0 aliphatic rings. The molecule has 2 N–H and O–H groups in total. The van der Waals surface area contributed by atoms with E-state index in [9.17, 15) is 8.42 Å². The summed E-state index contributed by atoms with van der Waals surface area (Å²) in [6.45, 7) is 2.75. The van der Waals surface area contributed by atoms with Crippen LogP contribution in [-0.4, -0.2) is 19.3 Å². The molecule has 2 aromatic rings. The first-order valence-corrected chi connectivity index (χ1v) is 8.74. The topological polar surface area (TPSA) is 63.4 Å². The maximum atomic E-state index is 12.6. The third-order valence-electron chi connectivity index (χ3n) is 2.96. The Bertz CT molecular complexity index is 652. The Balaban J connectivity index is 2.31. The van der Waals surface area contributed by atoms with Crippen LogP contribution in [0.2, 0.25) is 0 Å². The minimum Gasteiger partial charge on any atom is -0.398 e. The number of nitrogen functional groups attached to an aromatic ring is 1. The molecule has 0 radical (unpaired) electrons. The molecule has 1 aromatic heterocycles. The summed E-state index contributed by atoms with van der Waals surface area (Å²) in [7, 11) is -3.44. The van der Waals surface area contributed by atoms with E-state index in [4.69, 9.17) is 5.73 Å². The highest BCUT2D eigenvalue weighted by Gasteiger charge is 2.25. The molecule has 0 saturated carbocycles. The fourth-order valence-electron chi connectivity index (χ4n) is 1.94. The van der Waals surface area contributed by atoms with Gasteiger partial charge in [-0.05, 0) is 29.5 Å². The summed E-state index contributed by atoms with van der Waals surface area (Å²) in [5.41, 5.74) is 7.36. The third kappa shape index (κ3) is 3.20. The molecule has 108 valence electrons. The normalized spacial score (nSPS) is 11.9. The van der Waals surface area contributed by atoms with Crippen LogP contribution in [0.3, 0.4) is 0 Å². The largest absolute Gasteiger partial charge is 0.398 e. The summed E-state index contributed by atoms with van der Waals surface area (Å²) in [5, 5.41) is 1.77. The highest BCUT2D eigenvalue weighted by molar-refractivity contribution is 7.91. The number of benzene rings is 1. The van der Waals surface area contributed by atoms with Crippen LogP contribution in [0.15, 0.2) is 46.0 Å². The van der Waals surface area contributed by atoms with Crippen LogP contribution < -0.4 is 5.73 Å². The van der Waals surface area contributed by atoms with E-state index in [1.165, 1.54) is 15.6 Å². The zero-order valence-corrected chi connectivity index (χ0v) is 13.0.